The summed E-state index contributed by atoms with van der Waals surface area (Å²) in [7, 11) is 0. The fraction of sp³-hybridized carbons (Fsp3) is 0.250. The van der Waals surface area contributed by atoms with Gasteiger partial charge in [0.05, 0.1) is 6.26 Å². The van der Waals surface area contributed by atoms with Crippen LogP contribution in [0.3, 0.4) is 0 Å². The summed E-state index contributed by atoms with van der Waals surface area (Å²) < 4.78 is 4.39. The first-order valence-electron chi connectivity index (χ1n) is 3.36. The molecule has 0 rings (SSSR count). The van der Waals surface area contributed by atoms with Crippen molar-refractivity contribution in [3.8, 4) is 0 Å². The fourth-order valence-corrected chi connectivity index (χ4v) is 0.537. The summed E-state index contributed by atoms with van der Waals surface area (Å²) in [6.07, 6.45) is 3.95. The van der Waals surface area contributed by atoms with Gasteiger partial charge in [-0.05, 0) is 6.42 Å². The van der Waals surface area contributed by atoms with Gasteiger partial charge in [-0.1, -0.05) is 12.7 Å². The molecule has 0 aromatic rings. The maximum Gasteiger partial charge on any atom is 0.327 e. The van der Waals surface area contributed by atoms with Crippen molar-refractivity contribution in [3.63, 3.8) is 0 Å². The van der Waals surface area contributed by atoms with Crippen molar-refractivity contribution < 1.29 is 19.4 Å². The van der Waals surface area contributed by atoms with E-state index in [1.807, 2.05) is 0 Å². The molecule has 12 heavy (non-hydrogen) atoms. The molecule has 0 saturated carbocycles. The second-order valence-corrected chi connectivity index (χ2v) is 1.94. The molecule has 0 atom stereocenters. The van der Waals surface area contributed by atoms with Crippen molar-refractivity contribution >= 4 is 11.9 Å². The predicted molar refractivity (Wildman–Crippen MR) is 42.3 cm³/mol. The highest BCUT2D eigenvalue weighted by Crippen LogP contribution is 1.94. The van der Waals surface area contributed by atoms with E-state index in [1.54, 1.807) is 0 Å². The lowest BCUT2D eigenvalue weighted by Crippen LogP contribution is -1.97. The zero-order valence-electron chi connectivity index (χ0n) is 6.53. The molecule has 0 spiro atoms. The molecular formula is C8H10O4. The summed E-state index contributed by atoms with van der Waals surface area (Å²) >= 11 is 0. The van der Waals surface area contributed by atoms with Gasteiger partial charge in [-0.25, -0.2) is 4.79 Å². The minimum Gasteiger partial charge on any atom is -0.478 e. The van der Waals surface area contributed by atoms with Crippen LogP contribution in [0.4, 0.5) is 0 Å². The predicted octanol–water partition coefficient (Wildman–Crippen LogP) is 1.09. The first-order valence-corrected chi connectivity index (χ1v) is 3.36. The topological polar surface area (TPSA) is 63.6 Å². The van der Waals surface area contributed by atoms with Gasteiger partial charge < -0.3 is 9.84 Å². The molecule has 0 aliphatic heterocycles. The maximum atomic E-state index is 10.6. The monoisotopic (exact) mass is 170 g/mol. The number of ether oxygens (including phenoxy) is 1. The lowest BCUT2D eigenvalue weighted by atomic mass is 10.3. The Morgan fingerprint density at radius 1 is 1.50 bits per heavy atom. The normalized spacial score (nSPS) is 9.67. The molecule has 0 aliphatic carbocycles. The van der Waals surface area contributed by atoms with Gasteiger partial charge in [-0.15, -0.1) is 0 Å². The van der Waals surface area contributed by atoms with E-state index in [-0.39, 0.29) is 6.42 Å². The molecule has 0 heterocycles. The largest absolute Gasteiger partial charge is 0.478 e. The van der Waals surface area contributed by atoms with Gasteiger partial charge in [0, 0.05) is 12.5 Å². The molecule has 0 aromatic heterocycles. The summed E-state index contributed by atoms with van der Waals surface area (Å²) in [6, 6.07) is 0. The van der Waals surface area contributed by atoms with Crippen molar-refractivity contribution in [2.24, 2.45) is 0 Å². The van der Waals surface area contributed by atoms with Crippen LogP contribution in [0.2, 0.25) is 0 Å². The van der Waals surface area contributed by atoms with Gasteiger partial charge in [0.25, 0.3) is 0 Å². The van der Waals surface area contributed by atoms with Crippen molar-refractivity contribution in [3.05, 3.63) is 25.0 Å². The lowest BCUT2D eigenvalue weighted by molar-refractivity contribution is -0.138. The van der Waals surface area contributed by atoms with Crippen LogP contribution >= 0.6 is 0 Å². The standard InChI is InChI=1S/C8H10O4/c1-2-12-8(11)6-4-3-5-7(9)10/h2-3,5H,1,4,6H2,(H,9,10). The number of carbonyl (C=O) groups is 2. The van der Waals surface area contributed by atoms with E-state index in [0.717, 1.165) is 12.3 Å². The van der Waals surface area contributed by atoms with E-state index in [2.05, 4.69) is 11.3 Å². The molecule has 66 valence electrons. The Balaban J connectivity index is 3.49. The van der Waals surface area contributed by atoms with Crippen LogP contribution in [-0.2, 0) is 14.3 Å². The van der Waals surface area contributed by atoms with E-state index >= 15 is 0 Å². The first-order chi connectivity index (χ1) is 5.66. The van der Waals surface area contributed by atoms with Gasteiger partial charge in [-0.3, -0.25) is 4.79 Å². The average Bonchev–Trinajstić information content (AvgIpc) is 1.98. The summed E-state index contributed by atoms with van der Waals surface area (Å²) in [5, 5.41) is 8.16. The number of carboxylic acid groups (broad SMARTS) is 1. The zero-order valence-corrected chi connectivity index (χ0v) is 6.53. The molecule has 1 N–H and O–H groups in total. The minimum absolute atomic E-state index is 0.163. The molecule has 0 fully saturated rings. The number of allylic oxidation sites excluding steroid dienone is 1. The van der Waals surface area contributed by atoms with Crippen LogP contribution in [0, 0.1) is 0 Å². The molecule has 4 heteroatoms. The summed E-state index contributed by atoms with van der Waals surface area (Å²) in [5.41, 5.74) is 0. The van der Waals surface area contributed by atoms with E-state index in [4.69, 9.17) is 5.11 Å². The highest BCUT2D eigenvalue weighted by Gasteiger charge is 1.97. The van der Waals surface area contributed by atoms with Gasteiger partial charge in [-0.2, -0.15) is 0 Å². The summed E-state index contributed by atoms with van der Waals surface area (Å²) in [6.45, 7) is 3.20. The van der Waals surface area contributed by atoms with Crippen molar-refractivity contribution in [1.29, 1.82) is 0 Å². The minimum atomic E-state index is -1.02. The summed E-state index contributed by atoms with van der Waals surface area (Å²) in [5.74, 6) is -1.44. The van der Waals surface area contributed by atoms with Gasteiger partial charge in [0.2, 0.25) is 0 Å². The smallest absolute Gasteiger partial charge is 0.327 e. The number of carboxylic acids is 1. The Bertz CT molecular complexity index is 205. The fourth-order valence-electron chi connectivity index (χ4n) is 0.537. The second kappa shape index (κ2) is 6.15. The van der Waals surface area contributed by atoms with E-state index in [9.17, 15) is 9.59 Å². The van der Waals surface area contributed by atoms with Crippen LogP contribution in [-0.4, -0.2) is 17.0 Å². The van der Waals surface area contributed by atoms with Gasteiger partial charge in [0.15, 0.2) is 0 Å². The Labute approximate surface area is 70.1 Å². The number of esters is 1. The molecule has 0 saturated heterocycles. The third-order valence-corrected chi connectivity index (χ3v) is 0.990. The molecule has 0 aromatic carbocycles. The van der Waals surface area contributed by atoms with Crippen LogP contribution in [0.15, 0.2) is 25.0 Å². The van der Waals surface area contributed by atoms with Crippen LogP contribution < -0.4 is 0 Å². The molecule has 0 radical (unpaired) electrons. The maximum absolute atomic E-state index is 10.6. The number of hydrogen-bond acceptors (Lipinski definition) is 3. The van der Waals surface area contributed by atoms with E-state index in [0.29, 0.717) is 6.42 Å². The Morgan fingerprint density at radius 2 is 2.17 bits per heavy atom. The SMILES string of the molecule is C=COC(=O)CCC=CC(=O)O. The van der Waals surface area contributed by atoms with Crippen LogP contribution in [0.1, 0.15) is 12.8 Å². The van der Waals surface area contributed by atoms with Crippen LogP contribution in [0.5, 0.6) is 0 Å². The molecule has 0 unspecified atom stereocenters. The average molecular weight is 170 g/mol. The lowest BCUT2D eigenvalue weighted by Gasteiger charge is -1.93. The number of rotatable bonds is 5. The zero-order chi connectivity index (χ0) is 9.40. The first kappa shape index (κ1) is 10.4. The highest BCUT2D eigenvalue weighted by molar-refractivity contribution is 5.79. The molecule has 0 amide bonds. The Hall–Kier alpha value is -1.58. The van der Waals surface area contributed by atoms with E-state index < -0.39 is 11.9 Å². The number of carbonyl (C=O) groups excluding carboxylic acids is 1. The molecule has 0 bridgehead atoms. The third-order valence-electron chi connectivity index (χ3n) is 0.990. The highest BCUT2D eigenvalue weighted by atomic mass is 16.5. The van der Waals surface area contributed by atoms with E-state index in [1.165, 1.54) is 6.08 Å². The Kier molecular flexibility index (Phi) is 5.34. The number of hydrogen-bond donors (Lipinski definition) is 1. The molecule has 4 nitrogen and oxygen atoms in total. The molecular weight excluding hydrogens is 160 g/mol. The van der Waals surface area contributed by atoms with Crippen molar-refractivity contribution in [2.75, 3.05) is 0 Å². The van der Waals surface area contributed by atoms with Crippen LogP contribution in [0.25, 0.3) is 0 Å². The third kappa shape index (κ3) is 6.54. The van der Waals surface area contributed by atoms with Gasteiger partial charge >= 0.3 is 11.9 Å². The molecule has 0 aliphatic rings. The Morgan fingerprint density at radius 3 is 2.67 bits per heavy atom. The second-order valence-electron chi connectivity index (χ2n) is 1.94. The van der Waals surface area contributed by atoms with Crippen molar-refractivity contribution in [1.82, 2.24) is 0 Å². The van der Waals surface area contributed by atoms with Gasteiger partial charge in [0.1, 0.15) is 0 Å². The number of aliphatic carboxylic acids is 1. The summed E-state index contributed by atoms with van der Waals surface area (Å²) in [4.78, 5) is 20.6. The van der Waals surface area contributed by atoms with Crippen molar-refractivity contribution in [2.45, 2.75) is 12.8 Å². The quantitative estimate of drug-likeness (QED) is 0.381.